The lowest BCUT2D eigenvalue weighted by Crippen LogP contribution is -1.95. The van der Waals surface area contributed by atoms with E-state index in [-0.39, 0.29) is 5.02 Å². The van der Waals surface area contributed by atoms with Crippen LogP contribution in [0.1, 0.15) is 0 Å². The van der Waals surface area contributed by atoms with Crippen molar-refractivity contribution in [3.05, 3.63) is 41.2 Å². The fourth-order valence-electron chi connectivity index (χ4n) is 1.72. The Bertz CT molecular complexity index is 759. The van der Waals surface area contributed by atoms with Crippen LogP contribution < -0.4 is 11.1 Å². The van der Waals surface area contributed by atoms with Crippen LogP contribution in [0.3, 0.4) is 0 Å². The number of nitrogen functional groups attached to an aromatic ring is 1. The maximum Gasteiger partial charge on any atom is 0.160 e. The van der Waals surface area contributed by atoms with E-state index >= 15 is 0 Å². The molecule has 3 N–H and O–H groups in total. The van der Waals surface area contributed by atoms with Crippen LogP contribution in [-0.4, -0.2) is 10.3 Å². The Kier molecular flexibility index (Phi) is 2.72. The summed E-state index contributed by atoms with van der Waals surface area (Å²) >= 11 is 5.95. The second-order valence-electron chi connectivity index (χ2n) is 3.91. The predicted octanol–water partition coefficient (Wildman–Crippen LogP) is 3.34. The SMILES string of the molecule is Nc1ccc(Nc2ccc(F)cc2Cl)c2nonc12. The number of benzene rings is 2. The number of rotatable bonds is 2. The van der Waals surface area contributed by atoms with Crippen molar-refractivity contribution < 1.29 is 9.02 Å². The molecule has 0 aliphatic rings. The van der Waals surface area contributed by atoms with E-state index in [0.717, 1.165) is 0 Å². The van der Waals surface area contributed by atoms with E-state index in [2.05, 4.69) is 20.3 Å². The molecule has 0 saturated heterocycles. The molecule has 0 spiro atoms. The number of hydrogen-bond acceptors (Lipinski definition) is 5. The van der Waals surface area contributed by atoms with Gasteiger partial charge in [-0.25, -0.2) is 9.02 Å². The Balaban J connectivity index is 2.06. The molecule has 0 atom stereocenters. The van der Waals surface area contributed by atoms with Crippen molar-refractivity contribution in [3.8, 4) is 0 Å². The summed E-state index contributed by atoms with van der Waals surface area (Å²) in [7, 11) is 0. The highest BCUT2D eigenvalue weighted by atomic mass is 35.5. The minimum absolute atomic E-state index is 0.265. The van der Waals surface area contributed by atoms with Gasteiger partial charge < -0.3 is 11.1 Å². The Morgan fingerprint density at radius 3 is 2.63 bits per heavy atom. The highest BCUT2D eigenvalue weighted by molar-refractivity contribution is 6.33. The number of aromatic nitrogens is 2. The molecule has 0 unspecified atom stereocenters. The summed E-state index contributed by atoms with van der Waals surface area (Å²) in [5, 5.41) is 10.8. The van der Waals surface area contributed by atoms with Gasteiger partial charge in [-0.2, -0.15) is 0 Å². The Morgan fingerprint density at radius 2 is 1.84 bits per heavy atom. The molecule has 19 heavy (non-hydrogen) atoms. The van der Waals surface area contributed by atoms with Crippen LogP contribution in [0.4, 0.5) is 21.5 Å². The van der Waals surface area contributed by atoms with E-state index in [1.54, 1.807) is 12.1 Å². The summed E-state index contributed by atoms with van der Waals surface area (Å²) in [6.45, 7) is 0. The number of nitrogens with zero attached hydrogens (tertiary/aromatic N) is 2. The largest absolute Gasteiger partial charge is 0.397 e. The van der Waals surface area contributed by atoms with Crippen LogP contribution in [0.25, 0.3) is 11.0 Å². The van der Waals surface area contributed by atoms with E-state index in [4.69, 9.17) is 17.3 Å². The Labute approximate surface area is 112 Å². The minimum atomic E-state index is -0.402. The van der Waals surface area contributed by atoms with E-state index in [0.29, 0.717) is 28.1 Å². The summed E-state index contributed by atoms with van der Waals surface area (Å²) in [6.07, 6.45) is 0. The van der Waals surface area contributed by atoms with Crippen molar-refractivity contribution in [1.29, 1.82) is 0 Å². The van der Waals surface area contributed by atoms with Crippen molar-refractivity contribution in [2.75, 3.05) is 11.1 Å². The zero-order valence-electron chi connectivity index (χ0n) is 9.52. The Morgan fingerprint density at radius 1 is 1.11 bits per heavy atom. The van der Waals surface area contributed by atoms with E-state index in [1.165, 1.54) is 18.2 Å². The summed E-state index contributed by atoms with van der Waals surface area (Å²) in [6, 6.07) is 7.46. The molecular weight excluding hydrogens is 271 g/mol. The van der Waals surface area contributed by atoms with Gasteiger partial charge >= 0.3 is 0 Å². The van der Waals surface area contributed by atoms with Gasteiger partial charge in [-0.3, -0.25) is 0 Å². The number of fused-ring (bicyclic) bond motifs is 1. The van der Waals surface area contributed by atoms with Crippen LogP contribution in [0.5, 0.6) is 0 Å². The van der Waals surface area contributed by atoms with Crippen LogP contribution >= 0.6 is 11.6 Å². The molecule has 0 saturated carbocycles. The predicted molar refractivity (Wildman–Crippen MR) is 70.9 cm³/mol. The first-order chi connectivity index (χ1) is 9.15. The van der Waals surface area contributed by atoms with Crippen LogP contribution in [-0.2, 0) is 0 Å². The average Bonchev–Trinajstić information content (AvgIpc) is 2.86. The molecule has 0 amide bonds. The number of halogens is 2. The summed E-state index contributed by atoms with van der Waals surface area (Å²) in [5.74, 6) is -0.402. The molecular formula is C12H8ClFN4O. The van der Waals surface area contributed by atoms with Gasteiger partial charge in [0.1, 0.15) is 5.82 Å². The summed E-state index contributed by atoms with van der Waals surface area (Å²) in [5.41, 5.74) is 8.34. The van der Waals surface area contributed by atoms with Crippen LogP contribution in [0, 0.1) is 5.82 Å². The molecule has 0 aliphatic carbocycles. The maximum atomic E-state index is 13.0. The first-order valence-corrected chi connectivity index (χ1v) is 5.76. The quantitative estimate of drug-likeness (QED) is 0.703. The molecule has 1 heterocycles. The molecule has 0 fully saturated rings. The first-order valence-electron chi connectivity index (χ1n) is 5.38. The second-order valence-corrected chi connectivity index (χ2v) is 4.32. The zero-order chi connectivity index (χ0) is 13.4. The van der Waals surface area contributed by atoms with Gasteiger partial charge in [0.25, 0.3) is 0 Å². The molecule has 5 nitrogen and oxygen atoms in total. The van der Waals surface area contributed by atoms with Crippen molar-refractivity contribution in [3.63, 3.8) is 0 Å². The van der Waals surface area contributed by atoms with Crippen LogP contribution in [0.2, 0.25) is 5.02 Å². The molecule has 3 rings (SSSR count). The monoisotopic (exact) mass is 278 g/mol. The van der Waals surface area contributed by atoms with Gasteiger partial charge in [0, 0.05) is 0 Å². The third-order valence-corrected chi connectivity index (χ3v) is 2.96. The van der Waals surface area contributed by atoms with Gasteiger partial charge in [0.2, 0.25) is 0 Å². The molecule has 0 radical (unpaired) electrons. The molecule has 96 valence electrons. The number of nitrogens with one attached hydrogen (secondary N) is 1. The smallest absolute Gasteiger partial charge is 0.160 e. The van der Waals surface area contributed by atoms with E-state index in [9.17, 15) is 4.39 Å². The third-order valence-electron chi connectivity index (χ3n) is 2.65. The lowest BCUT2D eigenvalue weighted by atomic mass is 10.2. The van der Waals surface area contributed by atoms with Gasteiger partial charge in [0.05, 0.1) is 22.1 Å². The van der Waals surface area contributed by atoms with Crippen LogP contribution in [0.15, 0.2) is 35.0 Å². The van der Waals surface area contributed by atoms with E-state index < -0.39 is 5.82 Å². The van der Waals surface area contributed by atoms with Gasteiger partial charge in [0.15, 0.2) is 11.0 Å². The summed E-state index contributed by atoms with van der Waals surface area (Å²) < 4.78 is 17.6. The molecule has 7 heteroatoms. The molecule has 0 aliphatic heterocycles. The molecule has 3 aromatic rings. The second kappa shape index (κ2) is 4.40. The fourth-order valence-corrected chi connectivity index (χ4v) is 1.94. The van der Waals surface area contributed by atoms with Gasteiger partial charge in [-0.05, 0) is 40.6 Å². The number of nitrogens with two attached hydrogens (primary N) is 1. The van der Waals surface area contributed by atoms with Crippen molar-refractivity contribution in [2.45, 2.75) is 0 Å². The maximum absolute atomic E-state index is 13.0. The van der Waals surface area contributed by atoms with Gasteiger partial charge in [-0.15, -0.1) is 0 Å². The minimum Gasteiger partial charge on any atom is -0.397 e. The molecule has 1 aromatic heterocycles. The average molecular weight is 279 g/mol. The van der Waals surface area contributed by atoms with Crippen molar-refractivity contribution in [2.24, 2.45) is 0 Å². The lowest BCUT2D eigenvalue weighted by Gasteiger charge is -2.08. The van der Waals surface area contributed by atoms with Crippen molar-refractivity contribution >= 4 is 39.7 Å². The summed E-state index contributed by atoms with van der Waals surface area (Å²) in [4.78, 5) is 0. The van der Waals surface area contributed by atoms with E-state index in [1.807, 2.05) is 0 Å². The van der Waals surface area contributed by atoms with Gasteiger partial charge in [-0.1, -0.05) is 11.6 Å². The standard InChI is InChI=1S/C12H8ClFN4O/c13-7-5-6(14)1-3-9(7)16-10-4-2-8(15)11-12(10)18-19-17-11/h1-5,16H,15H2. The normalized spacial score (nSPS) is 10.8. The highest BCUT2D eigenvalue weighted by Crippen LogP contribution is 2.31. The third kappa shape index (κ3) is 2.06. The first kappa shape index (κ1) is 11.7. The van der Waals surface area contributed by atoms with Crippen molar-refractivity contribution in [1.82, 2.24) is 10.3 Å². The number of hydrogen-bond donors (Lipinski definition) is 2. The fraction of sp³-hybridized carbons (Fsp3) is 0. The topological polar surface area (TPSA) is 77.0 Å². The zero-order valence-corrected chi connectivity index (χ0v) is 10.3. The molecule has 2 aromatic carbocycles. The highest BCUT2D eigenvalue weighted by Gasteiger charge is 2.11. The number of anilines is 3. The lowest BCUT2D eigenvalue weighted by molar-refractivity contribution is 0.316. The Hall–Kier alpha value is -2.34. The molecule has 0 bridgehead atoms.